The first-order valence-electron chi connectivity index (χ1n) is 7.74. The normalized spacial score (nSPS) is 16.2. The molecule has 1 atom stereocenters. The molecule has 0 saturated heterocycles. The van der Waals surface area contributed by atoms with Crippen LogP contribution in [-0.4, -0.2) is 25.4 Å². The van der Waals surface area contributed by atoms with Crippen LogP contribution in [-0.2, 0) is 0 Å². The Labute approximate surface area is 148 Å². The van der Waals surface area contributed by atoms with Crippen LogP contribution in [0.15, 0.2) is 47.4 Å². The van der Waals surface area contributed by atoms with Gasteiger partial charge in [0.05, 0.1) is 13.2 Å². The van der Waals surface area contributed by atoms with E-state index in [1.807, 2.05) is 24.3 Å². The first-order valence-corrected chi connectivity index (χ1v) is 8.72. The lowest BCUT2D eigenvalue weighted by atomic mass is 10.0. The number of ether oxygens (including phenoxy) is 2. The van der Waals surface area contributed by atoms with Crippen LogP contribution in [0.3, 0.4) is 0 Å². The molecule has 4 nitrogen and oxygen atoms in total. The molecule has 2 aromatic carbocycles. The van der Waals surface area contributed by atoms with E-state index in [4.69, 9.17) is 4.74 Å². The summed E-state index contributed by atoms with van der Waals surface area (Å²) in [5, 5.41) is 3.01. The van der Waals surface area contributed by atoms with E-state index in [1.165, 1.54) is 25.3 Å². The number of carbonyl (C=O) groups is 1. The van der Waals surface area contributed by atoms with Gasteiger partial charge in [-0.3, -0.25) is 4.79 Å². The lowest BCUT2D eigenvalue weighted by Crippen LogP contribution is -2.30. The molecule has 0 aromatic heterocycles. The lowest BCUT2D eigenvalue weighted by Gasteiger charge is -2.26. The molecule has 7 heteroatoms. The van der Waals surface area contributed by atoms with E-state index >= 15 is 0 Å². The fourth-order valence-corrected chi connectivity index (χ4v) is 3.86. The van der Waals surface area contributed by atoms with Crippen LogP contribution in [0.25, 0.3) is 0 Å². The second-order valence-electron chi connectivity index (χ2n) is 5.45. The number of benzene rings is 2. The maximum absolute atomic E-state index is 12.6. The van der Waals surface area contributed by atoms with Crippen LogP contribution in [0, 0.1) is 0 Å². The highest BCUT2D eigenvalue weighted by atomic mass is 32.2. The number of halogens is 2. The fourth-order valence-electron chi connectivity index (χ4n) is 2.74. The number of amides is 1. The maximum Gasteiger partial charge on any atom is 0.387 e. The third-order valence-electron chi connectivity index (χ3n) is 3.91. The van der Waals surface area contributed by atoms with Gasteiger partial charge in [-0.25, -0.2) is 0 Å². The van der Waals surface area contributed by atoms with E-state index in [-0.39, 0.29) is 23.4 Å². The molecule has 0 spiro atoms. The van der Waals surface area contributed by atoms with Crippen molar-refractivity contribution in [1.29, 1.82) is 0 Å². The molecule has 0 bridgehead atoms. The highest BCUT2D eigenvalue weighted by Gasteiger charge is 2.23. The van der Waals surface area contributed by atoms with Crippen LogP contribution >= 0.6 is 11.8 Å². The van der Waals surface area contributed by atoms with Gasteiger partial charge in [-0.1, -0.05) is 18.2 Å². The van der Waals surface area contributed by atoms with E-state index in [0.29, 0.717) is 5.56 Å². The van der Waals surface area contributed by atoms with Crippen molar-refractivity contribution in [3.63, 3.8) is 0 Å². The number of rotatable bonds is 5. The highest BCUT2D eigenvalue weighted by molar-refractivity contribution is 7.99. The minimum Gasteiger partial charge on any atom is -0.493 e. The first kappa shape index (κ1) is 17.5. The Morgan fingerprint density at radius 3 is 2.80 bits per heavy atom. The van der Waals surface area contributed by atoms with Crippen LogP contribution in [0.4, 0.5) is 8.78 Å². The summed E-state index contributed by atoms with van der Waals surface area (Å²) in [6.45, 7) is -2.95. The molecule has 0 unspecified atom stereocenters. The Morgan fingerprint density at radius 1 is 1.24 bits per heavy atom. The summed E-state index contributed by atoms with van der Waals surface area (Å²) in [5.74, 6) is 0.626. The first-order chi connectivity index (χ1) is 12.1. The summed E-state index contributed by atoms with van der Waals surface area (Å²) >= 11 is 1.77. The zero-order chi connectivity index (χ0) is 17.8. The van der Waals surface area contributed by atoms with Gasteiger partial charge in [0, 0.05) is 16.2 Å². The van der Waals surface area contributed by atoms with E-state index in [0.717, 1.165) is 22.6 Å². The molecule has 2 aromatic rings. The summed E-state index contributed by atoms with van der Waals surface area (Å²) in [6, 6.07) is 12.0. The molecule has 1 amide bonds. The number of methoxy groups -OCH3 is 1. The summed E-state index contributed by atoms with van der Waals surface area (Å²) in [4.78, 5) is 13.7. The topological polar surface area (TPSA) is 47.6 Å². The van der Waals surface area contributed by atoms with Crippen LogP contribution < -0.4 is 14.8 Å². The van der Waals surface area contributed by atoms with Gasteiger partial charge in [0.25, 0.3) is 5.91 Å². The lowest BCUT2D eigenvalue weighted by molar-refractivity contribution is -0.0512. The summed E-state index contributed by atoms with van der Waals surface area (Å²) in [5.41, 5.74) is 1.42. The van der Waals surface area contributed by atoms with Crippen molar-refractivity contribution in [2.24, 2.45) is 0 Å². The molecular weight excluding hydrogens is 348 g/mol. The van der Waals surface area contributed by atoms with Crippen molar-refractivity contribution >= 4 is 17.7 Å². The van der Waals surface area contributed by atoms with Gasteiger partial charge in [0.2, 0.25) is 0 Å². The average molecular weight is 365 g/mol. The average Bonchev–Trinajstić information content (AvgIpc) is 2.62. The van der Waals surface area contributed by atoms with Crippen molar-refractivity contribution in [1.82, 2.24) is 5.32 Å². The van der Waals surface area contributed by atoms with Crippen molar-refractivity contribution in [2.75, 3.05) is 12.9 Å². The van der Waals surface area contributed by atoms with Gasteiger partial charge in [0.1, 0.15) is 0 Å². The molecule has 132 valence electrons. The monoisotopic (exact) mass is 365 g/mol. The predicted octanol–water partition coefficient (Wildman–Crippen LogP) is 4.26. The van der Waals surface area contributed by atoms with Crippen LogP contribution in [0.2, 0.25) is 0 Å². The van der Waals surface area contributed by atoms with Gasteiger partial charge in [0.15, 0.2) is 11.5 Å². The molecule has 0 aliphatic carbocycles. The Balaban J connectivity index is 1.78. The number of nitrogens with one attached hydrogen (secondary N) is 1. The molecule has 1 aliphatic rings. The van der Waals surface area contributed by atoms with E-state index in [1.54, 1.807) is 11.8 Å². The molecule has 0 radical (unpaired) electrons. The SMILES string of the molecule is COc1cc(C(=O)N[C@@H]2CCSc3ccccc32)ccc1OC(F)F. The second kappa shape index (κ2) is 7.74. The fraction of sp³-hybridized carbons (Fsp3) is 0.278. The number of hydrogen-bond acceptors (Lipinski definition) is 4. The predicted molar refractivity (Wildman–Crippen MR) is 91.6 cm³/mol. The molecule has 0 saturated carbocycles. The minimum absolute atomic E-state index is 0.0760. The number of hydrogen-bond donors (Lipinski definition) is 1. The van der Waals surface area contributed by atoms with Gasteiger partial charge >= 0.3 is 6.61 Å². The number of alkyl halides is 2. The number of carbonyl (C=O) groups excluding carboxylic acids is 1. The highest BCUT2D eigenvalue weighted by Crippen LogP contribution is 2.36. The van der Waals surface area contributed by atoms with E-state index < -0.39 is 6.61 Å². The maximum atomic E-state index is 12.6. The van der Waals surface area contributed by atoms with Crippen LogP contribution in [0.5, 0.6) is 11.5 Å². The van der Waals surface area contributed by atoms with E-state index in [2.05, 4.69) is 10.1 Å². The van der Waals surface area contributed by atoms with Gasteiger partial charge in [-0.15, -0.1) is 11.8 Å². The summed E-state index contributed by atoms with van der Waals surface area (Å²) in [6.07, 6.45) is 0.830. The Morgan fingerprint density at radius 2 is 2.04 bits per heavy atom. The third-order valence-corrected chi connectivity index (χ3v) is 5.03. The molecule has 0 fully saturated rings. The molecule has 1 heterocycles. The zero-order valence-electron chi connectivity index (χ0n) is 13.5. The molecular formula is C18H17F2NO3S. The standard InChI is InChI=1S/C18H17F2NO3S/c1-23-15-10-11(6-7-14(15)24-18(19)20)17(22)21-13-8-9-25-16-5-3-2-4-12(13)16/h2-7,10,13,18H,8-9H2,1H3,(H,21,22)/t13-/m1/s1. The van der Waals surface area contributed by atoms with Crippen molar-refractivity contribution in [3.05, 3.63) is 53.6 Å². The molecule has 1 N–H and O–H groups in total. The van der Waals surface area contributed by atoms with Crippen molar-refractivity contribution in [3.8, 4) is 11.5 Å². The quantitative estimate of drug-likeness (QED) is 0.860. The molecule has 3 rings (SSSR count). The molecule has 1 aliphatic heterocycles. The van der Waals surface area contributed by atoms with Gasteiger partial charge < -0.3 is 14.8 Å². The summed E-state index contributed by atoms with van der Waals surface area (Å²) < 4.78 is 34.2. The second-order valence-corrected chi connectivity index (χ2v) is 6.58. The Bertz CT molecular complexity index is 770. The van der Waals surface area contributed by atoms with Crippen LogP contribution in [0.1, 0.15) is 28.4 Å². The van der Waals surface area contributed by atoms with Gasteiger partial charge in [-0.2, -0.15) is 8.78 Å². The van der Waals surface area contributed by atoms with Crippen molar-refractivity contribution < 1.29 is 23.0 Å². The van der Waals surface area contributed by atoms with Gasteiger partial charge in [-0.05, 0) is 36.2 Å². The third kappa shape index (κ3) is 4.04. The zero-order valence-corrected chi connectivity index (χ0v) is 14.3. The van der Waals surface area contributed by atoms with E-state index in [9.17, 15) is 13.6 Å². The van der Waals surface area contributed by atoms with Crippen molar-refractivity contribution in [2.45, 2.75) is 24.0 Å². The summed E-state index contributed by atoms with van der Waals surface area (Å²) in [7, 11) is 1.34. The largest absolute Gasteiger partial charge is 0.493 e. The minimum atomic E-state index is -2.95. The Kier molecular flexibility index (Phi) is 5.43. The number of fused-ring (bicyclic) bond motifs is 1. The molecule has 25 heavy (non-hydrogen) atoms. The Hall–Kier alpha value is -2.28. The smallest absolute Gasteiger partial charge is 0.387 e. The number of thioether (sulfide) groups is 1.